The third-order valence-electron chi connectivity index (χ3n) is 3.15. The van der Waals surface area contributed by atoms with Crippen molar-refractivity contribution in [3.05, 3.63) is 34.1 Å². The summed E-state index contributed by atoms with van der Waals surface area (Å²) in [5.41, 5.74) is -0.740. The molecular formula is C11H15ClFN3O4S. The van der Waals surface area contributed by atoms with Gasteiger partial charge in [-0.1, -0.05) is 6.07 Å². The molecule has 0 aromatic heterocycles. The number of hydrogen-bond acceptors (Lipinski definition) is 5. The molecule has 1 fully saturated rings. The van der Waals surface area contributed by atoms with Gasteiger partial charge >= 0.3 is 0 Å². The maximum atomic E-state index is 13.9. The number of nitrogens with zero attached hydrogens (tertiary/aromatic N) is 2. The molecular weight excluding hydrogens is 325 g/mol. The van der Waals surface area contributed by atoms with Crippen LogP contribution in [0.5, 0.6) is 0 Å². The highest BCUT2D eigenvalue weighted by atomic mass is 35.5. The summed E-state index contributed by atoms with van der Waals surface area (Å²) in [6.07, 6.45) is 0. The van der Waals surface area contributed by atoms with Crippen LogP contribution in [0.4, 0.5) is 10.1 Å². The summed E-state index contributed by atoms with van der Waals surface area (Å²) in [6.45, 7) is 2.65. The SMILES string of the molecule is C[C@H]1CNCCN1S(=O)(=O)c1c(F)cccc1[N+](=O)[O-].Cl. The van der Waals surface area contributed by atoms with Gasteiger partial charge in [0.25, 0.3) is 15.7 Å². The summed E-state index contributed by atoms with van der Waals surface area (Å²) in [7, 11) is -4.24. The predicted octanol–water partition coefficient (Wildman–Crippen LogP) is 1.14. The molecule has 21 heavy (non-hydrogen) atoms. The average Bonchev–Trinajstić information content (AvgIpc) is 2.38. The van der Waals surface area contributed by atoms with Crippen LogP contribution in [0.1, 0.15) is 6.92 Å². The van der Waals surface area contributed by atoms with Crippen LogP contribution in [0.2, 0.25) is 0 Å². The van der Waals surface area contributed by atoms with Crippen molar-refractivity contribution in [3.63, 3.8) is 0 Å². The Balaban J connectivity index is 0.00000220. The van der Waals surface area contributed by atoms with Crippen molar-refractivity contribution < 1.29 is 17.7 Å². The normalized spacial score (nSPS) is 19.8. The Hall–Kier alpha value is -1.29. The first-order valence-electron chi connectivity index (χ1n) is 6.01. The van der Waals surface area contributed by atoms with Gasteiger partial charge in [-0.3, -0.25) is 10.1 Å². The first-order valence-corrected chi connectivity index (χ1v) is 7.45. The molecule has 1 atom stereocenters. The van der Waals surface area contributed by atoms with E-state index in [9.17, 15) is 22.9 Å². The maximum Gasteiger partial charge on any atom is 0.292 e. The smallest absolute Gasteiger partial charge is 0.292 e. The maximum absolute atomic E-state index is 13.9. The lowest BCUT2D eigenvalue weighted by molar-refractivity contribution is -0.388. The van der Waals surface area contributed by atoms with Crippen molar-refractivity contribution in [1.82, 2.24) is 9.62 Å². The summed E-state index contributed by atoms with van der Waals surface area (Å²) >= 11 is 0. The lowest BCUT2D eigenvalue weighted by atomic mass is 10.3. The van der Waals surface area contributed by atoms with Crippen molar-refractivity contribution in [2.24, 2.45) is 0 Å². The van der Waals surface area contributed by atoms with Gasteiger partial charge in [-0.25, -0.2) is 12.8 Å². The zero-order valence-electron chi connectivity index (χ0n) is 11.2. The fourth-order valence-corrected chi connectivity index (χ4v) is 4.03. The number of halogens is 2. The standard InChI is InChI=1S/C11H14FN3O4S.ClH/c1-8-7-13-5-6-14(8)20(18,19)11-9(12)3-2-4-10(11)15(16)17;/h2-4,8,13H,5-7H2,1H3;1H/t8-;/m0./s1. The summed E-state index contributed by atoms with van der Waals surface area (Å²) < 4.78 is 39.9. The van der Waals surface area contributed by atoms with E-state index in [0.717, 1.165) is 22.5 Å². The van der Waals surface area contributed by atoms with Gasteiger partial charge < -0.3 is 5.32 Å². The predicted molar refractivity (Wildman–Crippen MR) is 76.5 cm³/mol. The van der Waals surface area contributed by atoms with Crippen LogP contribution in [-0.4, -0.2) is 43.3 Å². The third kappa shape index (κ3) is 3.31. The average molecular weight is 340 g/mol. The van der Waals surface area contributed by atoms with E-state index in [1.165, 1.54) is 0 Å². The molecule has 2 rings (SSSR count). The largest absolute Gasteiger partial charge is 0.314 e. The molecule has 0 saturated carbocycles. The Bertz CT molecular complexity index is 640. The van der Waals surface area contributed by atoms with E-state index in [1.807, 2.05) is 0 Å². The van der Waals surface area contributed by atoms with Gasteiger partial charge in [0.1, 0.15) is 5.82 Å². The molecule has 1 aliphatic rings. The van der Waals surface area contributed by atoms with Crippen molar-refractivity contribution in [3.8, 4) is 0 Å². The van der Waals surface area contributed by atoms with E-state index < -0.39 is 37.4 Å². The van der Waals surface area contributed by atoms with Gasteiger partial charge in [0.15, 0.2) is 4.90 Å². The van der Waals surface area contributed by atoms with E-state index in [-0.39, 0.29) is 19.0 Å². The van der Waals surface area contributed by atoms with Crippen LogP contribution in [-0.2, 0) is 10.0 Å². The molecule has 0 aliphatic carbocycles. The van der Waals surface area contributed by atoms with Gasteiger partial charge in [-0.05, 0) is 13.0 Å². The van der Waals surface area contributed by atoms with E-state index in [4.69, 9.17) is 0 Å². The molecule has 0 spiro atoms. The number of rotatable bonds is 3. The fraction of sp³-hybridized carbons (Fsp3) is 0.455. The minimum atomic E-state index is -4.24. The summed E-state index contributed by atoms with van der Waals surface area (Å²) in [5.74, 6) is -1.11. The minimum absolute atomic E-state index is 0. The van der Waals surface area contributed by atoms with Gasteiger partial charge in [-0.15, -0.1) is 12.4 Å². The third-order valence-corrected chi connectivity index (χ3v) is 5.23. The Morgan fingerprint density at radius 2 is 2.14 bits per heavy atom. The molecule has 1 aromatic rings. The molecule has 118 valence electrons. The number of piperazine rings is 1. The molecule has 0 amide bonds. The molecule has 0 bridgehead atoms. The second-order valence-electron chi connectivity index (χ2n) is 4.51. The number of sulfonamides is 1. The Morgan fingerprint density at radius 1 is 1.48 bits per heavy atom. The van der Waals surface area contributed by atoms with Crippen molar-refractivity contribution in [2.75, 3.05) is 19.6 Å². The Morgan fingerprint density at radius 3 is 2.71 bits per heavy atom. The number of hydrogen-bond donors (Lipinski definition) is 1. The van der Waals surface area contributed by atoms with Crippen LogP contribution in [0.25, 0.3) is 0 Å². The number of nitrogens with one attached hydrogen (secondary N) is 1. The molecule has 0 unspecified atom stereocenters. The quantitative estimate of drug-likeness (QED) is 0.658. The Labute approximate surface area is 127 Å². The number of nitro groups is 1. The fourth-order valence-electron chi connectivity index (χ4n) is 2.19. The molecule has 7 nitrogen and oxygen atoms in total. The van der Waals surface area contributed by atoms with Crippen LogP contribution in [0, 0.1) is 15.9 Å². The van der Waals surface area contributed by atoms with E-state index in [2.05, 4.69) is 5.32 Å². The zero-order chi connectivity index (χ0) is 14.9. The lowest BCUT2D eigenvalue weighted by Crippen LogP contribution is -2.52. The monoisotopic (exact) mass is 339 g/mol. The van der Waals surface area contributed by atoms with Crippen LogP contribution < -0.4 is 5.32 Å². The van der Waals surface area contributed by atoms with Gasteiger partial charge in [-0.2, -0.15) is 4.31 Å². The lowest BCUT2D eigenvalue weighted by Gasteiger charge is -2.32. The topological polar surface area (TPSA) is 92.6 Å². The van der Waals surface area contributed by atoms with Crippen molar-refractivity contribution in [1.29, 1.82) is 0 Å². The van der Waals surface area contributed by atoms with E-state index in [1.54, 1.807) is 6.92 Å². The zero-order valence-corrected chi connectivity index (χ0v) is 12.8. The van der Waals surface area contributed by atoms with Crippen LogP contribution in [0.3, 0.4) is 0 Å². The van der Waals surface area contributed by atoms with E-state index in [0.29, 0.717) is 13.1 Å². The molecule has 1 aromatic carbocycles. The molecule has 0 radical (unpaired) electrons. The second kappa shape index (κ2) is 6.65. The molecule has 10 heteroatoms. The van der Waals surface area contributed by atoms with Gasteiger partial charge in [0.2, 0.25) is 0 Å². The number of benzene rings is 1. The summed E-state index contributed by atoms with van der Waals surface area (Å²) in [4.78, 5) is 9.18. The summed E-state index contributed by atoms with van der Waals surface area (Å²) in [5, 5.41) is 13.9. The summed E-state index contributed by atoms with van der Waals surface area (Å²) in [6, 6.07) is 2.62. The first-order chi connectivity index (χ1) is 9.35. The first kappa shape index (κ1) is 17.8. The van der Waals surface area contributed by atoms with Crippen LogP contribution in [0.15, 0.2) is 23.1 Å². The van der Waals surface area contributed by atoms with Crippen molar-refractivity contribution >= 4 is 28.1 Å². The second-order valence-corrected chi connectivity index (χ2v) is 6.34. The van der Waals surface area contributed by atoms with Gasteiger partial charge in [0, 0.05) is 31.7 Å². The number of nitro benzene ring substituents is 1. The van der Waals surface area contributed by atoms with E-state index >= 15 is 0 Å². The molecule has 1 N–H and O–H groups in total. The highest BCUT2D eigenvalue weighted by molar-refractivity contribution is 7.89. The minimum Gasteiger partial charge on any atom is -0.314 e. The highest BCUT2D eigenvalue weighted by Gasteiger charge is 2.38. The molecule has 1 saturated heterocycles. The van der Waals surface area contributed by atoms with Crippen LogP contribution >= 0.6 is 12.4 Å². The van der Waals surface area contributed by atoms with Crippen molar-refractivity contribution in [2.45, 2.75) is 17.9 Å². The molecule has 1 heterocycles. The highest BCUT2D eigenvalue weighted by Crippen LogP contribution is 2.30. The van der Waals surface area contributed by atoms with Gasteiger partial charge in [0.05, 0.1) is 4.92 Å². The molecule has 1 aliphatic heterocycles. The Kier molecular flexibility index (Phi) is 5.62.